The van der Waals surface area contributed by atoms with Gasteiger partial charge in [-0.1, -0.05) is 25.0 Å². The summed E-state index contributed by atoms with van der Waals surface area (Å²) < 4.78 is 18.6. The minimum Gasteiger partial charge on any atom is -0.481 e. The molecular formula is C22H24FNO5S. The summed E-state index contributed by atoms with van der Waals surface area (Å²) in [6.45, 7) is 3.66. The summed E-state index contributed by atoms with van der Waals surface area (Å²) in [7, 11) is 0. The number of carboxylic acids is 1. The van der Waals surface area contributed by atoms with Gasteiger partial charge in [0.1, 0.15) is 16.4 Å². The Bertz CT molecular complexity index is 953. The van der Waals surface area contributed by atoms with Gasteiger partial charge in [-0.15, -0.1) is 11.3 Å². The van der Waals surface area contributed by atoms with Gasteiger partial charge in [-0.2, -0.15) is 0 Å². The number of benzene rings is 1. The van der Waals surface area contributed by atoms with Crippen LogP contribution in [0.3, 0.4) is 0 Å². The maximum atomic E-state index is 13.4. The Morgan fingerprint density at radius 1 is 1.17 bits per heavy atom. The summed E-state index contributed by atoms with van der Waals surface area (Å²) in [6, 6.07) is 5.75. The van der Waals surface area contributed by atoms with E-state index >= 15 is 0 Å². The van der Waals surface area contributed by atoms with E-state index in [0.29, 0.717) is 29.0 Å². The van der Waals surface area contributed by atoms with Crippen LogP contribution in [-0.4, -0.2) is 29.6 Å². The van der Waals surface area contributed by atoms with E-state index in [4.69, 9.17) is 4.74 Å². The molecule has 0 unspecified atom stereocenters. The van der Waals surface area contributed by atoms with Crippen LogP contribution in [0.2, 0.25) is 0 Å². The molecule has 1 aliphatic carbocycles. The lowest BCUT2D eigenvalue weighted by atomic mass is 9.78. The molecule has 2 atom stereocenters. The zero-order chi connectivity index (χ0) is 21.8. The first-order chi connectivity index (χ1) is 14.3. The van der Waals surface area contributed by atoms with Gasteiger partial charge in [0.15, 0.2) is 0 Å². The molecule has 1 amide bonds. The Morgan fingerprint density at radius 3 is 2.40 bits per heavy atom. The average molecular weight is 434 g/mol. The summed E-state index contributed by atoms with van der Waals surface area (Å²) in [5, 5.41) is 12.6. The van der Waals surface area contributed by atoms with Crippen LogP contribution in [0.5, 0.6) is 0 Å². The lowest BCUT2D eigenvalue weighted by Gasteiger charge is -2.27. The van der Waals surface area contributed by atoms with Crippen LogP contribution in [0.15, 0.2) is 24.3 Å². The number of nitrogens with one attached hydrogen (secondary N) is 1. The number of ether oxygens (including phenoxy) is 1. The summed E-state index contributed by atoms with van der Waals surface area (Å²) in [5.74, 6) is -3.75. The lowest BCUT2D eigenvalue weighted by molar-refractivity contribution is -0.147. The van der Waals surface area contributed by atoms with E-state index < -0.39 is 35.5 Å². The van der Waals surface area contributed by atoms with Gasteiger partial charge in [-0.05, 0) is 44.4 Å². The molecule has 3 rings (SSSR count). The SMILES string of the molecule is CCOC(=O)c1c(NC(=O)[C@H]2CCCC[C@H]2C(=O)O)sc(C)c1-c1ccc(F)cc1. The molecule has 0 aliphatic heterocycles. The van der Waals surface area contributed by atoms with E-state index in [-0.39, 0.29) is 12.2 Å². The fourth-order valence-corrected chi connectivity index (χ4v) is 5.01. The van der Waals surface area contributed by atoms with E-state index in [9.17, 15) is 23.9 Å². The van der Waals surface area contributed by atoms with Gasteiger partial charge in [0, 0.05) is 10.4 Å². The van der Waals surface area contributed by atoms with Gasteiger partial charge in [-0.3, -0.25) is 9.59 Å². The molecule has 1 aromatic heterocycles. The lowest BCUT2D eigenvalue weighted by Crippen LogP contribution is -2.36. The second-order valence-corrected chi connectivity index (χ2v) is 8.51. The molecule has 1 saturated carbocycles. The van der Waals surface area contributed by atoms with Crippen LogP contribution < -0.4 is 5.32 Å². The van der Waals surface area contributed by atoms with Crippen molar-refractivity contribution in [2.45, 2.75) is 39.5 Å². The van der Waals surface area contributed by atoms with Crippen LogP contribution in [0.4, 0.5) is 9.39 Å². The quantitative estimate of drug-likeness (QED) is 0.634. The van der Waals surface area contributed by atoms with Gasteiger partial charge in [-0.25, -0.2) is 9.18 Å². The molecule has 2 aromatic rings. The number of aryl methyl sites for hydroxylation is 1. The number of hydrogen-bond donors (Lipinski definition) is 2. The van der Waals surface area contributed by atoms with Gasteiger partial charge in [0.05, 0.1) is 18.4 Å². The van der Waals surface area contributed by atoms with Gasteiger partial charge in [0.2, 0.25) is 5.91 Å². The highest BCUT2D eigenvalue weighted by Gasteiger charge is 2.37. The number of halogens is 1. The molecule has 2 N–H and O–H groups in total. The third kappa shape index (κ3) is 4.53. The summed E-state index contributed by atoms with van der Waals surface area (Å²) >= 11 is 1.22. The Kier molecular flexibility index (Phi) is 6.87. The van der Waals surface area contributed by atoms with Gasteiger partial charge >= 0.3 is 11.9 Å². The minimum absolute atomic E-state index is 0.160. The van der Waals surface area contributed by atoms with Crippen molar-refractivity contribution in [3.63, 3.8) is 0 Å². The summed E-state index contributed by atoms with van der Waals surface area (Å²) in [6.07, 6.45) is 2.52. The number of amides is 1. The Labute approximate surface area is 178 Å². The van der Waals surface area contributed by atoms with Crippen LogP contribution >= 0.6 is 11.3 Å². The highest BCUT2D eigenvalue weighted by Crippen LogP contribution is 2.41. The van der Waals surface area contributed by atoms with E-state index in [1.165, 1.54) is 23.5 Å². The third-order valence-electron chi connectivity index (χ3n) is 5.35. The normalized spacial score (nSPS) is 18.6. The molecule has 1 aromatic carbocycles. The molecule has 0 radical (unpaired) electrons. The van der Waals surface area contributed by atoms with Crippen LogP contribution in [0, 0.1) is 24.6 Å². The molecule has 1 fully saturated rings. The second-order valence-electron chi connectivity index (χ2n) is 7.29. The van der Waals surface area contributed by atoms with E-state index in [0.717, 1.165) is 17.7 Å². The number of carbonyl (C=O) groups excluding carboxylic acids is 2. The van der Waals surface area contributed by atoms with Crippen molar-refractivity contribution in [3.05, 3.63) is 40.5 Å². The van der Waals surface area contributed by atoms with Crippen molar-refractivity contribution in [3.8, 4) is 11.1 Å². The topological polar surface area (TPSA) is 92.7 Å². The number of aliphatic carboxylic acids is 1. The fraction of sp³-hybridized carbons (Fsp3) is 0.409. The Balaban J connectivity index is 1.99. The predicted molar refractivity (Wildman–Crippen MR) is 112 cm³/mol. The number of carboxylic acid groups (broad SMARTS) is 1. The molecule has 160 valence electrons. The maximum Gasteiger partial charge on any atom is 0.341 e. The van der Waals surface area contributed by atoms with Crippen molar-refractivity contribution in [1.29, 1.82) is 0 Å². The van der Waals surface area contributed by atoms with Crippen molar-refractivity contribution >= 4 is 34.2 Å². The third-order valence-corrected chi connectivity index (χ3v) is 6.37. The molecule has 0 spiro atoms. The van der Waals surface area contributed by atoms with E-state index in [1.807, 2.05) is 6.92 Å². The number of hydrogen-bond acceptors (Lipinski definition) is 5. The summed E-state index contributed by atoms with van der Waals surface area (Å²) in [5.41, 5.74) is 1.42. The zero-order valence-electron chi connectivity index (χ0n) is 16.9. The molecule has 6 nitrogen and oxygen atoms in total. The van der Waals surface area contributed by atoms with Gasteiger partial charge < -0.3 is 15.2 Å². The average Bonchev–Trinajstić information content (AvgIpc) is 3.04. The zero-order valence-corrected chi connectivity index (χ0v) is 17.7. The second kappa shape index (κ2) is 9.38. The highest BCUT2D eigenvalue weighted by atomic mass is 32.1. The number of anilines is 1. The van der Waals surface area contributed by atoms with Crippen LogP contribution in [-0.2, 0) is 14.3 Å². The molecule has 1 aliphatic rings. The Morgan fingerprint density at radius 2 is 1.80 bits per heavy atom. The van der Waals surface area contributed by atoms with Crippen molar-refractivity contribution < 1.29 is 28.6 Å². The van der Waals surface area contributed by atoms with E-state index in [1.54, 1.807) is 19.1 Å². The molecule has 30 heavy (non-hydrogen) atoms. The largest absolute Gasteiger partial charge is 0.481 e. The molecule has 1 heterocycles. The molecule has 8 heteroatoms. The van der Waals surface area contributed by atoms with Crippen LogP contribution in [0.1, 0.15) is 47.8 Å². The Hall–Kier alpha value is -2.74. The standard InChI is InChI=1S/C22H24FNO5S/c1-3-29-22(28)18-17(13-8-10-14(23)11-9-13)12(2)30-20(18)24-19(25)15-6-4-5-7-16(15)21(26)27/h8-11,15-16H,3-7H2,1-2H3,(H,24,25)(H,26,27)/t15-,16+/m0/s1. The molecule has 0 bridgehead atoms. The van der Waals surface area contributed by atoms with Gasteiger partial charge in [0.25, 0.3) is 0 Å². The number of esters is 1. The predicted octanol–water partition coefficient (Wildman–Crippen LogP) is 4.87. The first-order valence-electron chi connectivity index (χ1n) is 9.93. The van der Waals surface area contributed by atoms with E-state index in [2.05, 4.69) is 5.32 Å². The number of thiophene rings is 1. The highest BCUT2D eigenvalue weighted by molar-refractivity contribution is 7.17. The first kappa shape index (κ1) is 22.0. The summed E-state index contributed by atoms with van der Waals surface area (Å²) in [4.78, 5) is 38.0. The smallest absolute Gasteiger partial charge is 0.341 e. The number of carbonyl (C=O) groups is 3. The number of rotatable bonds is 6. The maximum absolute atomic E-state index is 13.4. The van der Waals surface area contributed by atoms with Crippen molar-refractivity contribution in [2.75, 3.05) is 11.9 Å². The molecular weight excluding hydrogens is 409 g/mol. The molecule has 0 saturated heterocycles. The first-order valence-corrected chi connectivity index (χ1v) is 10.7. The monoisotopic (exact) mass is 433 g/mol. The van der Waals surface area contributed by atoms with Crippen molar-refractivity contribution in [2.24, 2.45) is 11.8 Å². The fourth-order valence-electron chi connectivity index (χ4n) is 3.94. The van der Waals surface area contributed by atoms with Crippen LogP contribution in [0.25, 0.3) is 11.1 Å². The minimum atomic E-state index is -0.977. The van der Waals surface area contributed by atoms with Crippen molar-refractivity contribution in [1.82, 2.24) is 0 Å².